The molecule has 0 aromatic carbocycles. The van der Waals surface area contributed by atoms with Crippen molar-refractivity contribution in [2.75, 3.05) is 54.4 Å². The summed E-state index contributed by atoms with van der Waals surface area (Å²) in [6, 6.07) is 3.98. The Morgan fingerprint density at radius 3 is 1.27 bits per heavy atom. The van der Waals surface area contributed by atoms with Gasteiger partial charge >= 0.3 is 0 Å². The lowest BCUT2D eigenvalue weighted by molar-refractivity contribution is -0.193. The van der Waals surface area contributed by atoms with Crippen LogP contribution in [0.2, 0.25) is 0 Å². The molecular formula is C52H93N13O. The molecule has 4 saturated carbocycles. The van der Waals surface area contributed by atoms with E-state index < -0.39 is 0 Å². The van der Waals surface area contributed by atoms with Gasteiger partial charge in [-0.25, -0.2) is 0 Å². The van der Waals surface area contributed by atoms with Crippen molar-refractivity contribution in [2.24, 2.45) is 35.5 Å². The van der Waals surface area contributed by atoms with Gasteiger partial charge in [-0.2, -0.15) is 0 Å². The van der Waals surface area contributed by atoms with Crippen molar-refractivity contribution in [3.63, 3.8) is 0 Å². The van der Waals surface area contributed by atoms with E-state index in [4.69, 9.17) is 4.74 Å². The normalized spacial score (nSPS) is 54.3. The van der Waals surface area contributed by atoms with Crippen LogP contribution < -0.4 is 42.5 Å². The zero-order chi connectivity index (χ0) is 44.2. The maximum absolute atomic E-state index is 7.14. The van der Waals surface area contributed by atoms with Crippen LogP contribution in [0.5, 0.6) is 0 Å². The van der Waals surface area contributed by atoms with E-state index in [0.717, 1.165) is 32.1 Å². The smallest absolute Gasteiger partial charge is 0.0765 e. The van der Waals surface area contributed by atoms with E-state index in [1.807, 2.05) is 0 Å². The SMILES string of the molecule is CN1C2NCCCC2NC1C1CC(C2CCCC(N3C4CCCCC4OC4CCCCC43)C2)C(C2NC3CCCNC3N2C)C(C2NC3CCCNC3N2C)C1C1NC2CCCNC2N1C. The highest BCUT2D eigenvalue weighted by Crippen LogP contribution is 2.57. The van der Waals surface area contributed by atoms with Crippen molar-refractivity contribution in [1.29, 1.82) is 0 Å². The molecule has 14 heteroatoms. The largest absolute Gasteiger partial charge is 0.372 e. The van der Waals surface area contributed by atoms with Crippen LogP contribution in [0.15, 0.2) is 0 Å². The van der Waals surface area contributed by atoms with Crippen molar-refractivity contribution >= 4 is 0 Å². The summed E-state index contributed by atoms with van der Waals surface area (Å²) in [7, 11) is 10.0. The molecule has 0 radical (unpaired) electrons. The molecule has 9 heterocycles. The molecule has 13 fully saturated rings. The summed E-state index contributed by atoms with van der Waals surface area (Å²) >= 11 is 0. The highest BCUT2D eigenvalue weighted by molar-refractivity contribution is 5.15. The molecular weight excluding hydrogens is 823 g/mol. The molecule has 13 rings (SSSR count). The van der Waals surface area contributed by atoms with Gasteiger partial charge in [-0.1, -0.05) is 38.5 Å². The van der Waals surface area contributed by atoms with Gasteiger partial charge in [-0.15, -0.1) is 0 Å². The molecule has 0 spiro atoms. The van der Waals surface area contributed by atoms with E-state index in [9.17, 15) is 0 Å². The number of morpholine rings is 1. The molecule has 66 heavy (non-hydrogen) atoms. The maximum atomic E-state index is 7.14. The van der Waals surface area contributed by atoms with Gasteiger partial charge in [-0.05, 0) is 186 Å². The highest BCUT2D eigenvalue weighted by Gasteiger charge is 2.64. The number of ether oxygens (including phenoxy) is 1. The fourth-order valence-electron chi connectivity index (χ4n) is 19.1. The third-order valence-corrected chi connectivity index (χ3v) is 21.8. The molecule has 23 unspecified atom stereocenters. The van der Waals surface area contributed by atoms with Crippen molar-refractivity contribution in [1.82, 2.24) is 67.0 Å². The van der Waals surface area contributed by atoms with Gasteiger partial charge in [0.2, 0.25) is 0 Å². The van der Waals surface area contributed by atoms with Crippen LogP contribution in [0.4, 0.5) is 0 Å². The Labute approximate surface area is 399 Å². The second-order valence-corrected chi connectivity index (χ2v) is 24.9. The molecule has 23 atom stereocenters. The zero-order valence-corrected chi connectivity index (χ0v) is 41.6. The Morgan fingerprint density at radius 2 is 0.788 bits per heavy atom. The Bertz CT molecular complexity index is 1660. The van der Waals surface area contributed by atoms with Crippen LogP contribution in [-0.4, -0.2) is 183 Å². The van der Waals surface area contributed by atoms with Gasteiger partial charge < -0.3 is 26.0 Å². The minimum Gasteiger partial charge on any atom is -0.372 e. The summed E-state index contributed by atoms with van der Waals surface area (Å²) in [5, 5.41) is 34.4. The second kappa shape index (κ2) is 18.8. The van der Waals surface area contributed by atoms with Gasteiger partial charge in [0, 0.05) is 42.3 Å². The van der Waals surface area contributed by atoms with Crippen LogP contribution >= 0.6 is 0 Å². The lowest BCUT2D eigenvalue weighted by Gasteiger charge is -2.60. The molecule has 13 aliphatic rings. The van der Waals surface area contributed by atoms with Crippen LogP contribution in [0.25, 0.3) is 0 Å². The third kappa shape index (κ3) is 7.68. The average Bonchev–Trinajstić information content (AvgIpc) is 4.09. The zero-order valence-electron chi connectivity index (χ0n) is 41.6. The average molecular weight is 916 g/mol. The topological polar surface area (TPSA) is 122 Å². The fourth-order valence-corrected chi connectivity index (χ4v) is 19.1. The number of hydrogen-bond donors (Lipinski definition) is 8. The predicted octanol–water partition coefficient (Wildman–Crippen LogP) is 2.74. The lowest BCUT2D eigenvalue weighted by Crippen LogP contribution is -2.68. The second-order valence-electron chi connectivity index (χ2n) is 24.9. The van der Waals surface area contributed by atoms with Crippen molar-refractivity contribution in [3.05, 3.63) is 0 Å². The predicted molar refractivity (Wildman–Crippen MR) is 261 cm³/mol. The molecule has 0 bridgehead atoms. The van der Waals surface area contributed by atoms with Gasteiger partial charge in [0.05, 0.1) is 61.5 Å². The fraction of sp³-hybridized carbons (Fsp3) is 1.00. The van der Waals surface area contributed by atoms with Crippen LogP contribution in [0.3, 0.4) is 0 Å². The first-order chi connectivity index (χ1) is 32.4. The van der Waals surface area contributed by atoms with Gasteiger partial charge in [0.25, 0.3) is 0 Å². The number of likely N-dealkylation sites (N-methyl/N-ethyl adjacent to an activating group) is 4. The first kappa shape index (κ1) is 45.3. The molecule has 14 nitrogen and oxygen atoms in total. The van der Waals surface area contributed by atoms with E-state index in [2.05, 4.69) is 95.2 Å². The number of rotatable bonds is 6. The number of nitrogens with zero attached hydrogens (tertiary/aromatic N) is 5. The van der Waals surface area contributed by atoms with Gasteiger partial charge in [0.1, 0.15) is 0 Å². The monoisotopic (exact) mass is 916 g/mol. The van der Waals surface area contributed by atoms with Crippen LogP contribution in [0.1, 0.15) is 135 Å². The lowest BCUT2D eigenvalue weighted by atomic mass is 9.53. The van der Waals surface area contributed by atoms with Gasteiger partial charge in [0.15, 0.2) is 0 Å². The number of piperidine rings is 4. The van der Waals surface area contributed by atoms with Crippen LogP contribution in [0, 0.1) is 35.5 Å². The van der Waals surface area contributed by atoms with E-state index in [0.29, 0.717) is 133 Å². The summed E-state index contributed by atoms with van der Waals surface area (Å²) < 4.78 is 7.14. The standard InChI is InChI=1S/C52H93N13O/c1-61-45(57-34-16-10-24-53-46(34)61)33-29-32(30-14-9-15-31(28-30)65-38-20-5-7-22-40(38)66-41-23-8-6-21-39(41)65)42(50-58-35-17-11-25-54-47(35)62(50)2)44(52-60-37-19-13-27-56-49(37)64(52)4)43(33)51-59-36-18-12-26-55-48(36)63(51)3/h30-60H,5-29H2,1-4H3. The van der Waals surface area contributed by atoms with E-state index in [-0.39, 0.29) is 0 Å². The van der Waals surface area contributed by atoms with Crippen molar-refractivity contribution in [2.45, 2.75) is 239 Å². The van der Waals surface area contributed by atoms with Crippen molar-refractivity contribution < 1.29 is 4.74 Å². The number of fused-ring (bicyclic) bond motifs is 6. The van der Waals surface area contributed by atoms with Crippen molar-refractivity contribution in [3.8, 4) is 0 Å². The summed E-state index contributed by atoms with van der Waals surface area (Å²) in [6.45, 7) is 4.54. The van der Waals surface area contributed by atoms with Gasteiger partial charge in [-0.3, -0.25) is 45.8 Å². The molecule has 9 saturated heterocycles. The maximum Gasteiger partial charge on any atom is 0.0765 e. The highest BCUT2D eigenvalue weighted by atomic mass is 16.5. The minimum atomic E-state index is 0.305. The Kier molecular flexibility index (Phi) is 12.9. The molecule has 0 aromatic heterocycles. The summed E-state index contributed by atoms with van der Waals surface area (Å²) in [4.78, 5) is 14.6. The molecule has 372 valence electrons. The minimum absolute atomic E-state index is 0.305. The molecule has 0 aromatic rings. The number of nitrogens with one attached hydrogen (secondary N) is 8. The molecule has 8 N–H and O–H groups in total. The molecule has 0 amide bonds. The quantitative estimate of drug-likeness (QED) is 0.200. The van der Waals surface area contributed by atoms with E-state index in [1.54, 1.807) is 0 Å². The number of hydrogen-bond acceptors (Lipinski definition) is 14. The molecule has 4 aliphatic carbocycles. The van der Waals surface area contributed by atoms with E-state index >= 15 is 0 Å². The first-order valence-corrected chi connectivity index (χ1v) is 28.7. The summed E-state index contributed by atoms with van der Waals surface area (Å²) in [5.41, 5.74) is 0. The first-order valence-electron chi connectivity index (χ1n) is 28.7. The van der Waals surface area contributed by atoms with Crippen LogP contribution in [-0.2, 0) is 4.74 Å². The molecule has 9 aliphatic heterocycles. The Morgan fingerprint density at radius 1 is 0.364 bits per heavy atom. The Hall–Kier alpha value is -0.560. The van der Waals surface area contributed by atoms with E-state index in [1.165, 1.54) is 135 Å². The third-order valence-electron chi connectivity index (χ3n) is 21.8. The summed E-state index contributed by atoms with van der Waals surface area (Å²) in [6.07, 6.45) is 31.7. The Balaban J connectivity index is 0.938. The summed E-state index contributed by atoms with van der Waals surface area (Å²) in [5.74, 6) is 3.29.